The van der Waals surface area contributed by atoms with Gasteiger partial charge in [-0.15, -0.1) is 0 Å². The Hall–Kier alpha value is -3.86. The summed E-state index contributed by atoms with van der Waals surface area (Å²) >= 11 is 0. The summed E-state index contributed by atoms with van der Waals surface area (Å²) < 4.78 is 5.51. The van der Waals surface area contributed by atoms with Crippen molar-refractivity contribution in [1.82, 2.24) is 29.7 Å². The Morgan fingerprint density at radius 1 is 1.02 bits per heavy atom. The molecule has 5 heterocycles. The summed E-state index contributed by atoms with van der Waals surface area (Å²) in [5.41, 5.74) is 3.46. The highest BCUT2D eigenvalue weighted by atomic mass is 16.5. The molecule has 4 aromatic rings. The fraction of sp³-hybridized carbons (Fsp3) is 0.400. The number of nitrogens with zero attached hydrogens (tertiary/aromatic N) is 5. The van der Waals surface area contributed by atoms with Crippen LogP contribution in [0.1, 0.15) is 18.4 Å². The molecule has 2 fully saturated rings. The van der Waals surface area contributed by atoms with Gasteiger partial charge in [0.1, 0.15) is 5.82 Å². The average molecular weight is 541 g/mol. The molecule has 3 aromatic heterocycles. The van der Waals surface area contributed by atoms with Crippen LogP contribution in [-0.4, -0.2) is 88.8 Å². The molecular weight excluding hydrogens is 504 g/mol. The highest BCUT2D eigenvalue weighted by Gasteiger charge is 2.25. The topological polar surface area (TPSA) is 111 Å². The summed E-state index contributed by atoms with van der Waals surface area (Å²) in [4.78, 5) is 34.1. The molecule has 0 spiro atoms. The molecule has 1 aromatic carbocycles. The number of anilines is 3. The van der Waals surface area contributed by atoms with E-state index >= 15 is 0 Å². The van der Waals surface area contributed by atoms with Gasteiger partial charge in [-0.2, -0.15) is 0 Å². The molecule has 2 saturated heterocycles. The van der Waals surface area contributed by atoms with Crippen molar-refractivity contribution in [2.75, 3.05) is 63.6 Å². The van der Waals surface area contributed by atoms with Gasteiger partial charge in [0.2, 0.25) is 5.95 Å². The van der Waals surface area contributed by atoms with Crippen LogP contribution >= 0.6 is 0 Å². The third-order valence-corrected chi connectivity index (χ3v) is 7.98. The smallest absolute Gasteiger partial charge is 0.259 e. The van der Waals surface area contributed by atoms with Crippen molar-refractivity contribution in [3.8, 4) is 11.3 Å². The molecular formula is C30H36N8O2. The Bertz CT molecular complexity index is 1470. The molecule has 0 bridgehead atoms. The van der Waals surface area contributed by atoms with Crippen molar-refractivity contribution in [2.24, 2.45) is 0 Å². The van der Waals surface area contributed by atoms with Gasteiger partial charge in [0, 0.05) is 62.6 Å². The van der Waals surface area contributed by atoms with E-state index in [1.807, 2.05) is 12.1 Å². The van der Waals surface area contributed by atoms with Crippen molar-refractivity contribution in [1.29, 1.82) is 0 Å². The Morgan fingerprint density at radius 3 is 2.50 bits per heavy atom. The maximum absolute atomic E-state index is 12.7. The summed E-state index contributed by atoms with van der Waals surface area (Å²) in [6, 6.07) is 12.9. The van der Waals surface area contributed by atoms with Gasteiger partial charge in [0.25, 0.3) is 5.56 Å². The largest absolute Gasteiger partial charge is 0.379 e. The molecule has 0 saturated carbocycles. The number of piperidine rings is 1. The molecule has 40 heavy (non-hydrogen) atoms. The van der Waals surface area contributed by atoms with E-state index in [1.165, 1.54) is 18.4 Å². The summed E-state index contributed by atoms with van der Waals surface area (Å²) in [5.74, 6) is 1.04. The second-order valence-electron chi connectivity index (χ2n) is 10.5. The zero-order valence-corrected chi connectivity index (χ0v) is 22.9. The molecule has 10 heteroatoms. The number of rotatable bonds is 8. The van der Waals surface area contributed by atoms with Gasteiger partial charge in [0.05, 0.1) is 24.3 Å². The van der Waals surface area contributed by atoms with Gasteiger partial charge < -0.3 is 25.3 Å². The van der Waals surface area contributed by atoms with E-state index in [0.29, 0.717) is 28.9 Å². The number of likely N-dealkylation sites (tertiary alicyclic amines) is 1. The highest BCUT2D eigenvalue weighted by molar-refractivity contribution is 5.95. The molecule has 0 atom stereocenters. The van der Waals surface area contributed by atoms with E-state index in [2.05, 4.69) is 59.7 Å². The van der Waals surface area contributed by atoms with Crippen molar-refractivity contribution >= 4 is 28.2 Å². The number of nitrogens with one attached hydrogen (secondary N) is 3. The Labute approximate surface area is 233 Å². The Balaban J connectivity index is 1.11. The summed E-state index contributed by atoms with van der Waals surface area (Å²) in [5, 5.41) is 7.62. The van der Waals surface area contributed by atoms with Gasteiger partial charge in [0.15, 0.2) is 0 Å². The maximum atomic E-state index is 12.7. The number of aromatic amines is 1. The lowest BCUT2D eigenvalue weighted by molar-refractivity contribution is 0.00101. The average Bonchev–Trinajstić information content (AvgIpc) is 3.01. The minimum absolute atomic E-state index is 0.185. The number of pyridine rings is 2. The first kappa shape index (κ1) is 26.4. The van der Waals surface area contributed by atoms with E-state index in [9.17, 15) is 4.79 Å². The SMILES string of the molecule is CNc1ncc(-c2cc3cc[nH]c(=O)c3c(Nc3ccc(CCN4CCC(N5CCOCC5)CC4)cc3)n2)cn1. The minimum atomic E-state index is -0.185. The van der Waals surface area contributed by atoms with Crippen LogP contribution in [0, 0.1) is 0 Å². The molecule has 6 rings (SSSR count). The summed E-state index contributed by atoms with van der Waals surface area (Å²) in [6.07, 6.45) is 8.61. The zero-order valence-electron chi connectivity index (χ0n) is 22.9. The van der Waals surface area contributed by atoms with Gasteiger partial charge in [-0.1, -0.05) is 12.1 Å². The van der Waals surface area contributed by atoms with E-state index < -0.39 is 0 Å². The molecule has 0 unspecified atom stereocenters. The summed E-state index contributed by atoms with van der Waals surface area (Å²) in [7, 11) is 1.78. The van der Waals surface area contributed by atoms with Gasteiger partial charge in [-0.25, -0.2) is 15.0 Å². The van der Waals surface area contributed by atoms with Crippen molar-refractivity contribution < 1.29 is 4.74 Å². The van der Waals surface area contributed by atoms with Crippen LogP contribution in [0.4, 0.5) is 17.5 Å². The molecule has 208 valence electrons. The number of ether oxygens (including phenoxy) is 1. The van der Waals surface area contributed by atoms with Crippen LogP contribution in [0.15, 0.2) is 59.8 Å². The number of aromatic nitrogens is 4. The number of H-pyrrole nitrogens is 1. The van der Waals surface area contributed by atoms with Crippen LogP contribution in [0.2, 0.25) is 0 Å². The van der Waals surface area contributed by atoms with Crippen molar-refractivity contribution in [3.05, 3.63) is 70.9 Å². The highest BCUT2D eigenvalue weighted by Crippen LogP contribution is 2.28. The third kappa shape index (κ3) is 5.99. The van der Waals surface area contributed by atoms with Crippen LogP contribution in [0.25, 0.3) is 22.0 Å². The predicted octanol–water partition coefficient (Wildman–Crippen LogP) is 3.50. The number of hydrogen-bond acceptors (Lipinski definition) is 9. The molecule has 0 amide bonds. The molecule has 2 aliphatic heterocycles. The van der Waals surface area contributed by atoms with Gasteiger partial charge >= 0.3 is 0 Å². The number of benzene rings is 1. The second-order valence-corrected chi connectivity index (χ2v) is 10.5. The van der Waals surface area contributed by atoms with Crippen LogP contribution in [0.3, 0.4) is 0 Å². The fourth-order valence-corrected chi connectivity index (χ4v) is 5.67. The monoisotopic (exact) mass is 540 g/mol. The van der Waals surface area contributed by atoms with E-state index in [0.717, 1.165) is 69.0 Å². The van der Waals surface area contributed by atoms with Crippen LogP contribution < -0.4 is 16.2 Å². The molecule has 10 nitrogen and oxygen atoms in total. The first-order chi connectivity index (χ1) is 19.7. The first-order valence-electron chi connectivity index (χ1n) is 14.1. The number of morpholine rings is 1. The van der Waals surface area contributed by atoms with Crippen molar-refractivity contribution in [3.63, 3.8) is 0 Å². The normalized spacial score (nSPS) is 17.2. The quantitative estimate of drug-likeness (QED) is 0.309. The zero-order chi connectivity index (χ0) is 27.3. The first-order valence-corrected chi connectivity index (χ1v) is 14.1. The predicted molar refractivity (Wildman–Crippen MR) is 158 cm³/mol. The van der Waals surface area contributed by atoms with E-state index in [-0.39, 0.29) is 5.56 Å². The third-order valence-electron chi connectivity index (χ3n) is 7.98. The number of fused-ring (bicyclic) bond motifs is 1. The maximum Gasteiger partial charge on any atom is 0.259 e. The second kappa shape index (κ2) is 12.1. The minimum Gasteiger partial charge on any atom is -0.379 e. The fourth-order valence-electron chi connectivity index (χ4n) is 5.67. The standard InChI is InChI=1S/C30H36N8O2/c1-31-30-33-19-23(20-34-30)26-18-22-6-10-32-29(39)27(22)28(36-26)35-24-4-2-21(3-5-24)7-11-37-12-8-25(9-13-37)38-14-16-40-17-15-38/h2-6,10,18-20,25H,7-9,11-17H2,1H3,(H,32,39)(H,35,36)(H,31,33,34). The van der Waals surface area contributed by atoms with Crippen LogP contribution in [-0.2, 0) is 11.2 Å². The molecule has 3 N–H and O–H groups in total. The van der Waals surface area contributed by atoms with Gasteiger partial charge in [-0.05, 0) is 67.6 Å². The van der Waals surface area contributed by atoms with E-state index in [1.54, 1.807) is 25.6 Å². The lowest BCUT2D eigenvalue weighted by Crippen LogP contribution is -2.49. The van der Waals surface area contributed by atoms with Gasteiger partial charge in [-0.3, -0.25) is 9.69 Å². The lowest BCUT2D eigenvalue weighted by atomic mass is 10.0. The molecule has 0 radical (unpaired) electrons. The Morgan fingerprint density at radius 2 is 1.77 bits per heavy atom. The molecule has 0 aliphatic carbocycles. The number of hydrogen-bond donors (Lipinski definition) is 3. The van der Waals surface area contributed by atoms with Crippen LogP contribution in [0.5, 0.6) is 0 Å². The molecule has 2 aliphatic rings. The Kier molecular flexibility index (Phi) is 7.99. The van der Waals surface area contributed by atoms with Crippen molar-refractivity contribution in [2.45, 2.75) is 25.3 Å². The van der Waals surface area contributed by atoms with E-state index in [4.69, 9.17) is 9.72 Å². The summed E-state index contributed by atoms with van der Waals surface area (Å²) in [6.45, 7) is 7.29. The lowest BCUT2D eigenvalue weighted by Gasteiger charge is -2.40.